The highest BCUT2D eigenvalue weighted by atomic mass is 16.5. The van der Waals surface area contributed by atoms with Crippen LogP contribution in [0.2, 0.25) is 0 Å². The first-order valence-corrected chi connectivity index (χ1v) is 6.99. The maximum atomic E-state index is 12.6. The van der Waals surface area contributed by atoms with Gasteiger partial charge in [0.25, 0.3) is 5.91 Å². The smallest absolute Gasteiger partial charge is 0.257 e. The van der Waals surface area contributed by atoms with E-state index < -0.39 is 0 Å². The van der Waals surface area contributed by atoms with Gasteiger partial charge < -0.3 is 9.64 Å². The first-order valence-electron chi connectivity index (χ1n) is 6.99. The molecular formula is C16H17N3O2. The highest BCUT2D eigenvalue weighted by Crippen LogP contribution is 2.34. The van der Waals surface area contributed by atoms with Crippen molar-refractivity contribution in [3.05, 3.63) is 54.1 Å². The third kappa shape index (κ3) is 2.72. The number of carbonyl (C=O) groups is 1. The van der Waals surface area contributed by atoms with Gasteiger partial charge in [-0.15, -0.1) is 0 Å². The summed E-state index contributed by atoms with van der Waals surface area (Å²) in [5, 5.41) is 0. The molecule has 0 N–H and O–H groups in total. The zero-order chi connectivity index (χ0) is 14.7. The summed E-state index contributed by atoms with van der Waals surface area (Å²) in [6, 6.07) is 8.00. The van der Waals surface area contributed by atoms with Crippen LogP contribution in [0.15, 0.2) is 43.0 Å². The van der Waals surface area contributed by atoms with Gasteiger partial charge in [-0.2, -0.15) is 0 Å². The van der Waals surface area contributed by atoms with E-state index in [1.165, 1.54) is 6.33 Å². The fourth-order valence-electron chi connectivity index (χ4n) is 2.78. The van der Waals surface area contributed by atoms with Gasteiger partial charge in [0.2, 0.25) is 0 Å². The number of amides is 1. The topological polar surface area (TPSA) is 55.3 Å². The van der Waals surface area contributed by atoms with E-state index in [1.54, 1.807) is 19.5 Å². The van der Waals surface area contributed by atoms with Crippen LogP contribution in [0.5, 0.6) is 5.75 Å². The fraction of sp³-hybridized carbons (Fsp3) is 0.312. The summed E-state index contributed by atoms with van der Waals surface area (Å²) in [6.07, 6.45) is 6.53. The molecule has 1 atom stereocenters. The lowest BCUT2D eigenvalue weighted by atomic mass is 10.0. The van der Waals surface area contributed by atoms with Gasteiger partial charge in [-0.1, -0.05) is 12.1 Å². The van der Waals surface area contributed by atoms with E-state index in [-0.39, 0.29) is 11.9 Å². The van der Waals surface area contributed by atoms with Crippen LogP contribution in [0, 0.1) is 0 Å². The summed E-state index contributed by atoms with van der Waals surface area (Å²) in [6.45, 7) is 0.760. The van der Waals surface area contributed by atoms with Crippen LogP contribution in [0.4, 0.5) is 0 Å². The average molecular weight is 283 g/mol. The summed E-state index contributed by atoms with van der Waals surface area (Å²) in [4.78, 5) is 22.3. The molecule has 5 nitrogen and oxygen atoms in total. The van der Waals surface area contributed by atoms with Crippen molar-refractivity contribution in [1.29, 1.82) is 0 Å². The molecule has 1 aliphatic heterocycles. The van der Waals surface area contributed by atoms with Crippen LogP contribution in [-0.2, 0) is 0 Å². The normalized spacial score (nSPS) is 17.8. The zero-order valence-corrected chi connectivity index (χ0v) is 11.9. The monoisotopic (exact) mass is 283 g/mol. The molecule has 1 saturated heterocycles. The molecule has 3 rings (SSSR count). The van der Waals surface area contributed by atoms with E-state index in [0.29, 0.717) is 5.56 Å². The molecule has 108 valence electrons. The lowest BCUT2D eigenvalue weighted by Crippen LogP contribution is -2.30. The molecule has 0 radical (unpaired) electrons. The van der Waals surface area contributed by atoms with E-state index in [1.807, 2.05) is 29.2 Å². The maximum absolute atomic E-state index is 12.6. The number of hydrogen-bond donors (Lipinski definition) is 0. The largest absolute Gasteiger partial charge is 0.497 e. The molecule has 2 aromatic rings. The molecule has 0 bridgehead atoms. The summed E-state index contributed by atoms with van der Waals surface area (Å²) in [5.41, 5.74) is 1.64. The van der Waals surface area contributed by atoms with Crippen molar-refractivity contribution in [2.24, 2.45) is 0 Å². The number of rotatable bonds is 3. The molecule has 1 amide bonds. The predicted octanol–water partition coefficient (Wildman–Crippen LogP) is 2.46. The van der Waals surface area contributed by atoms with E-state index in [4.69, 9.17) is 4.74 Å². The molecule has 1 aliphatic rings. The second kappa shape index (κ2) is 5.91. The third-order valence-electron chi connectivity index (χ3n) is 3.80. The van der Waals surface area contributed by atoms with Crippen molar-refractivity contribution >= 4 is 5.91 Å². The SMILES string of the molecule is COc1cccc([C@@H]2CCCN2C(=O)c2cncnc2)c1. The van der Waals surface area contributed by atoms with Crippen molar-refractivity contribution < 1.29 is 9.53 Å². The second-order valence-electron chi connectivity index (χ2n) is 5.06. The molecule has 0 unspecified atom stereocenters. The molecule has 1 aromatic carbocycles. The van der Waals surface area contributed by atoms with Crippen LogP contribution < -0.4 is 4.74 Å². The molecule has 1 fully saturated rings. The Labute approximate surface area is 123 Å². The highest BCUT2D eigenvalue weighted by molar-refractivity contribution is 5.94. The van der Waals surface area contributed by atoms with Crippen LogP contribution in [-0.4, -0.2) is 34.4 Å². The Balaban J connectivity index is 1.87. The Morgan fingerprint density at radius 3 is 2.90 bits per heavy atom. The van der Waals surface area contributed by atoms with Gasteiger partial charge in [0.1, 0.15) is 12.1 Å². The number of aromatic nitrogens is 2. The highest BCUT2D eigenvalue weighted by Gasteiger charge is 2.30. The van der Waals surface area contributed by atoms with E-state index >= 15 is 0 Å². The minimum Gasteiger partial charge on any atom is -0.497 e. The number of hydrogen-bond acceptors (Lipinski definition) is 4. The number of nitrogens with zero attached hydrogens (tertiary/aromatic N) is 3. The first kappa shape index (κ1) is 13.5. The number of ether oxygens (including phenoxy) is 1. The fourth-order valence-corrected chi connectivity index (χ4v) is 2.78. The Bertz CT molecular complexity index is 630. The number of carbonyl (C=O) groups excluding carboxylic acids is 1. The Morgan fingerprint density at radius 1 is 1.33 bits per heavy atom. The molecular weight excluding hydrogens is 266 g/mol. The van der Waals surface area contributed by atoms with E-state index in [2.05, 4.69) is 9.97 Å². The van der Waals surface area contributed by atoms with Crippen molar-refractivity contribution in [3.8, 4) is 5.75 Å². The van der Waals surface area contributed by atoms with Crippen LogP contribution >= 0.6 is 0 Å². The summed E-state index contributed by atoms with van der Waals surface area (Å²) in [5.74, 6) is 0.802. The van der Waals surface area contributed by atoms with E-state index in [0.717, 1.165) is 30.7 Å². The van der Waals surface area contributed by atoms with Gasteiger partial charge >= 0.3 is 0 Å². The third-order valence-corrected chi connectivity index (χ3v) is 3.80. The first-order chi connectivity index (χ1) is 10.3. The minimum absolute atomic E-state index is 0.0130. The number of methoxy groups -OCH3 is 1. The van der Waals surface area contributed by atoms with Gasteiger partial charge in [-0.3, -0.25) is 4.79 Å². The summed E-state index contributed by atoms with van der Waals surface area (Å²) in [7, 11) is 1.65. The van der Waals surface area contributed by atoms with Gasteiger partial charge in [0.15, 0.2) is 0 Å². The standard InChI is InChI=1S/C16H17N3O2/c1-21-14-5-2-4-12(8-14)15-6-3-7-19(15)16(20)13-9-17-11-18-10-13/h2,4-5,8-11,15H,3,6-7H2,1H3/t15-/m0/s1. The lowest BCUT2D eigenvalue weighted by Gasteiger charge is -2.25. The molecule has 0 saturated carbocycles. The molecule has 0 aliphatic carbocycles. The maximum Gasteiger partial charge on any atom is 0.257 e. The second-order valence-corrected chi connectivity index (χ2v) is 5.06. The lowest BCUT2D eigenvalue weighted by molar-refractivity contribution is 0.0734. The summed E-state index contributed by atoms with van der Waals surface area (Å²) >= 11 is 0. The molecule has 2 heterocycles. The van der Waals surface area contributed by atoms with Gasteiger partial charge in [0.05, 0.1) is 18.7 Å². The summed E-state index contributed by atoms with van der Waals surface area (Å²) < 4.78 is 5.27. The van der Waals surface area contributed by atoms with Gasteiger partial charge in [-0.05, 0) is 30.5 Å². The van der Waals surface area contributed by atoms with Crippen molar-refractivity contribution in [1.82, 2.24) is 14.9 Å². The van der Waals surface area contributed by atoms with Crippen molar-refractivity contribution in [2.75, 3.05) is 13.7 Å². The average Bonchev–Trinajstić information content (AvgIpc) is 3.04. The zero-order valence-electron chi connectivity index (χ0n) is 11.9. The van der Waals surface area contributed by atoms with Gasteiger partial charge in [-0.25, -0.2) is 9.97 Å². The van der Waals surface area contributed by atoms with Crippen LogP contribution in [0.25, 0.3) is 0 Å². The predicted molar refractivity (Wildman–Crippen MR) is 78.0 cm³/mol. The Morgan fingerprint density at radius 2 is 2.14 bits per heavy atom. The number of likely N-dealkylation sites (tertiary alicyclic amines) is 1. The quantitative estimate of drug-likeness (QED) is 0.868. The van der Waals surface area contributed by atoms with Crippen molar-refractivity contribution in [3.63, 3.8) is 0 Å². The molecule has 1 aromatic heterocycles. The number of benzene rings is 1. The minimum atomic E-state index is -0.0130. The molecule has 21 heavy (non-hydrogen) atoms. The van der Waals surface area contributed by atoms with Crippen LogP contribution in [0.1, 0.15) is 34.8 Å². The van der Waals surface area contributed by atoms with Crippen LogP contribution in [0.3, 0.4) is 0 Å². The van der Waals surface area contributed by atoms with Gasteiger partial charge in [0, 0.05) is 18.9 Å². The molecule has 0 spiro atoms. The van der Waals surface area contributed by atoms with Crippen molar-refractivity contribution in [2.45, 2.75) is 18.9 Å². The Kier molecular flexibility index (Phi) is 3.81. The van der Waals surface area contributed by atoms with E-state index in [9.17, 15) is 4.79 Å². The molecule has 5 heteroatoms. The Hall–Kier alpha value is -2.43.